The lowest BCUT2D eigenvalue weighted by Gasteiger charge is -2.23. The molecule has 0 radical (unpaired) electrons. The van der Waals surface area contributed by atoms with Crippen LogP contribution in [0.25, 0.3) is 22.4 Å². The molecule has 0 aliphatic carbocycles. The molecule has 3 aromatic carbocycles. The first-order valence-corrected chi connectivity index (χ1v) is 14.2. The number of hydrogen-bond acceptors (Lipinski definition) is 3. The van der Waals surface area contributed by atoms with Crippen LogP contribution in [0.5, 0.6) is 5.75 Å². The normalized spacial score (nSPS) is 11.8. The smallest absolute Gasteiger partial charge is 0.252 e. The molecule has 4 heteroatoms. The van der Waals surface area contributed by atoms with Crippen LogP contribution in [0.1, 0.15) is 98.6 Å². The van der Waals surface area contributed by atoms with Crippen molar-refractivity contribution in [1.82, 2.24) is 10.3 Å². The number of benzene rings is 3. The molecule has 2 N–H and O–H groups in total. The summed E-state index contributed by atoms with van der Waals surface area (Å²) in [6, 6.07) is 24.2. The van der Waals surface area contributed by atoms with Crippen LogP contribution in [0.2, 0.25) is 0 Å². The largest absolute Gasteiger partial charge is 0.507 e. The number of phenols is 1. The van der Waals surface area contributed by atoms with Gasteiger partial charge in [0.05, 0.1) is 17.9 Å². The first-order chi connectivity index (χ1) is 18.9. The number of nitrogens with zero attached hydrogens (tertiary/aromatic N) is 1. The molecule has 1 heterocycles. The van der Waals surface area contributed by atoms with E-state index in [9.17, 15) is 9.90 Å². The maximum absolute atomic E-state index is 13.5. The molecular formula is C36H42N2O2. The Bertz CT molecular complexity index is 1500. The summed E-state index contributed by atoms with van der Waals surface area (Å²) in [5.41, 5.74) is 8.95. The number of aromatic hydroxyl groups is 1. The van der Waals surface area contributed by atoms with Gasteiger partial charge in [0.2, 0.25) is 0 Å². The first kappa shape index (κ1) is 29.1. The van der Waals surface area contributed by atoms with Gasteiger partial charge in [0.1, 0.15) is 5.75 Å². The minimum Gasteiger partial charge on any atom is -0.507 e. The first-order valence-electron chi connectivity index (χ1n) is 14.2. The molecule has 4 rings (SSSR count). The zero-order valence-electron chi connectivity index (χ0n) is 25.1. The number of pyridine rings is 1. The van der Waals surface area contributed by atoms with Crippen molar-refractivity contribution in [2.75, 3.05) is 0 Å². The molecule has 0 aliphatic rings. The highest BCUT2D eigenvalue weighted by Crippen LogP contribution is 2.42. The summed E-state index contributed by atoms with van der Waals surface area (Å²) in [7, 11) is 0. The number of carbonyl (C=O) groups is 1. The highest BCUT2D eigenvalue weighted by molar-refractivity contribution is 5.97. The van der Waals surface area contributed by atoms with Crippen molar-refractivity contribution in [2.24, 2.45) is 0 Å². The molecule has 208 valence electrons. The Hall–Kier alpha value is -3.92. The molecule has 4 aromatic rings. The Kier molecular flexibility index (Phi) is 8.48. The molecule has 0 atom stereocenters. The number of aryl methyl sites for hydroxylation is 1. The van der Waals surface area contributed by atoms with Crippen LogP contribution in [0.4, 0.5) is 0 Å². The summed E-state index contributed by atoms with van der Waals surface area (Å²) in [6.45, 7) is 17.2. The van der Waals surface area contributed by atoms with Crippen molar-refractivity contribution in [3.8, 4) is 28.1 Å². The number of carbonyl (C=O) groups excluding carboxylic acids is 1. The molecule has 1 aromatic heterocycles. The van der Waals surface area contributed by atoms with Gasteiger partial charge in [-0.05, 0) is 64.6 Å². The van der Waals surface area contributed by atoms with E-state index in [4.69, 9.17) is 4.98 Å². The van der Waals surface area contributed by atoms with Gasteiger partial charge in [0.15, 0.2) is 0 Å². The topological polar surface area (TPSA) is 62.2 Å². The van der Waals surface area contributed by atoms with E-state index in [1.807, 2.05) is 66.7 Å². The second-order valence-electron chi connectivity index (χ2n) is 12.3. The molecular weight excluding hydrogens is 492 g/mol. The van der Waals surface area contributed by atoms with E-state index in [2.05, 4.69) is 66.8 Å². The van der Waals surface area contributed by atoms with E-state index in [1.165, 1.54) is 0 Å². The molecule has 0 unspecified atom stereocenters. The van der Waals surface area contributed by atoms with Gasteiger partial charge in [-0.1, -0.05) is 103 Å². The molecule has 1 amide bonds. The standard InChI is InChI=1S/C36H42N2O2/c1-22(2)26-16-12-17-27(23(3)4)33(26)35(40)37-21-25-13-11-18-32(38-25)29-15-10-9-14-28(29)30-19-24(5)20-31(34(30)39)36(6,7)8/h9-20,22-23,39H,21H2,1-8H3,(H,37,40). The van der Waals surface area contributed by atoms with Gasteiger partial charge in [-0.15, -0.1) is 0 Å². The molecule has 0 bridgehead atoms. The van der Waals surface area contributed by atoms with Gasteiger partial charge in [-0.3, -0.25) is 9.78 Å². The number of nitrogens with one attached hydrogen (secondary N) is 1. The quantitative estimate of drug-likeness (QED) is 0.249. The van der Waals surface area contributed by atoms with Gasteiger partial charge in [0, 0.05) is 22.3 Å². The highest BCUT2D eigenvalue weighted by Gasteiger charge is 2.23. The van der Waals surface area contributed by atoms with Crippen molar-refractivity contribution in [3.63, 3.8) is 0 Å². The Balaban J connectivity index is 1.68. The molecule has 4 nitrogen and oxygen atoms in total. The third kappa shape index (κ3) is 6.12. The van der Waals surface area contributed by atoms with Crippen molar-refractivity contribution < 1.29 is 9.90 Å². The van der Waals surface area contributed by atoms with E-state index in [0.717, 1.165) is 55.9 Å². The summed E-state index contributed by atoms with van der Waals surface area (Å²) in [4.78, 5) is 18.4. The molecule has 0 spiro atoms. The van der Waals surface area contributed by atoms with Crippen LogP contribution >= 0.6 is 0 Å². The molecule has 0 saturated carbocycles. The number of hydrogen-bond donors (Lipinski definition) is 2. The summed E-state index contributed by atoms with van der Waals surface area (Å²) < 4.78 is 0. The Morgan fingerprint density at radius 2 is 1.43 bits per heavy atom. The van der Waals surface area contributed by atoms with Crippen LogP contribution in [0.3, 0.4) is 0 Å². The van der Waals surface area contributed by atoms with Gasteiger partial charge in [-0.25, -0.2) is 0 Å². The van der Waals surface area contributed by atoms with E-state index in [0.29, 0.717) is 12.3 Å². The van der Waals surface area contributed by atoms with Gasteiger partial charge in [0.25, 0.3) is 5.91 Å². The molecule has 0 fully saturated rings. The maximum atomic E-state index is 13.5. The summed E-state index contributed by atoms with van der Waals surface area (Å²) in [5.74, 6) is 0.724. The summed E-state index contributed by atoms with van der Waals surface area (Å²) >= 11 is 0. The molecule has 40 heavy (non-hydrogen) atoms. The van der Waals surface area contributed by atoms with E-state index < -0.39 is 0 Å². The fraction of sp³-hybridized carbons (Fsp3) is 0.333. The van der Waals surface area contributed by atoms with Crippen molar-refractivity contribution >= 4 is 5.91 Å². The monoisotopic (exact) mass is 534 g/mol. The van der Waals surface area contributed by atoms with Crippen LogP contribution in [-0.2, 0) is 12.0 Å². The second kappa shape index (κ2) is 11.7. The van der Waals surface area contributed by atoms with E-state index >= 15 is 0 Å². The predicted octanol–water partition coefficient (Wildman–Crippen LogP) is 8.90. The zero-order chi connectivity index (χ0) is 29.2. The third-order valence-electron chi connectivity index (χ3n) is 7.39. The predicted molar refractivity (Wildman–Crippen MR) is 166 cm³/mol. The molecule has 0 saturated heterocycles. The summed E-state index contributed by atoms with van der Waals surface area (Å²) in [5, 5.41) is 14.5. The lowest BCUT2D eigenvalue weighted by Crippen LogP contribution is -2.26. The van der Waals surface area contributed by atoms with E-state index in [1.54, 1.807) is 0 Å². The number of rotatable bonds is 7. The minimum atomic E-state index is -0.195. The van der Waals surface area contributed by atoms with Crippen LogP contribution < -0.4 is 5.32 Å². The average molecular weight is 535 g/mol. The zero-order valence-corrected chi connectivity index (χ0v) is 25.1. The third-order valence-corrected chi connectivity index (χ3v) is 7.39. The van der Waals surface area contributed by atoms with Crippen molar-refractivity contribution in [1.29, 1.82) is 0 Å². The number of amides is 1. The van der Waals surface area contributed by atoms with E-state index in [-0.39, 0.29) is 23.2 Å². The number of aromatic nitrogens is 1. The lowest BCUT2D eigenvalue weighted by atomic mass is 9.82. The Labute approximate surface area is 239 Å². The van der Waals surface area contributed by atoms with Crippen LogP contribution in [0.15, 0.2) is 72.8 Å². The average Bonchev–Trinajstić information content (AvgIpc) is 2.91. The second-order valence-corrected chi connectivity index (χ2v) is 12.3. The van der Waals surface area contributed by atoms with Crippen LogP contribution in [-0.4, -0.2) is 16.0 Å². The molecule has 0 aliphatic heterocycles. The summed E-state index contributed by atoms with van der Waals surface area (Å²) in [6.07, 6.45) is 0. The van der Waals surface area contributed by atoms with Crippen LogP contribution in [0, 0.1) is 6.92 Å². The number of phenolic OH excluding ortho intramolecular Hbond substituents is 1. The van der Waals surface area contributed by atoms with Crippen molar-refractivity contribution in [3.05, 3.63) is 106 Å². The van der Waals surface area contributed by atoms with Gasteiger partial charge < -0.3 is 10.4 Å². The maximum Gasteiger partial charge on any atom is 0.252 e. The fourth-order valence-electron chi connectivity index (χ4n) is 5.30. The van der Waals surface area contributed by atoms with Gasteiger partial charge in [-0.2, -0.15) is 0 Å². The Morgan fingerprint density at radius 1 is 0.825 bits per heavy atom. The Morgan fingerprint density at radius 3 is 2.02 bits per heavy atom. The lowest BCUT2D eigenvalue weighted by molar-refractivity contribution is 0.0947. The highest BCUT2D eigenvalue weighted by atomic mass is 16.3. The van der Waals surface area contributed by atoms with Crippen molar-refractivity contribution in [2.45, 2.75) is 79.2 Å². The SMILES string of the molecule is Cc1cc(-c2ccccc2-c2cccc(CNC(=O)c3c(C(C)C)cccc3C(C)C)n2)c(O)c(C(C)(C)C)c1. The fourth-order valence-corrected chi connectivity index (χ4v) is 5.30. The minimum absolute atomic E-state index is 0.0694. The van der Waals surface area contributed by atoms with Gasteiger partial charge >= 0.3 is 0 Å².